The van der Waals surface area contributed by atoms with Gasteiger partial charge in [0.05, 0.1) is 11.6 Å². The summed E-state index contributed by atoms with van der Waals surface area (Å²) in [5, 5.41) is 20.8. The topological polar surface area (TPSA) is 87.4 Å². The van der Waals surface area contributed by atoms with Gasteiger partial charge in [0.2, 0.25) is 0 Å². The Balaban J connectivity index is 0.00000225. The highest BCUT2D eigenvalue weighted by Crippen LogP contribution is 2.31. The van der Waals surface area contributed by atoms with Crippen molar-refractivity contribution in [3.63, 3.8) is 0 Å². The van der Waals surface area contributed by atoms with Crippen LogP contribution in [-0.2, 0) is 5.54 Å². The van der Waals surface area contributed by atoms with Crippen LogP contribution in [0.3, 0.4) is 0 Å². The molecule has 1 aliphatic rings. The number of piperidine rings is 1. The van der Waals surface area contributed by atoms with Crippen LogP contribution >= 0.6 is 12.4 Å². The number of nitrogens with one attached hydrogen (secondary N) is 2. The second kappa shape index (κ2) is 8.56. The van der Waals surface area contributed by atoms with Crippen LogP contribution in [0.2, 0.25) is 0 Å². The molecule has 2 heterocycles. The summed E-state index contributed by atoms with van der Waals surface area (Å²) in [6, 6.07) is 20.7. The van der Waals surface area contributed by atoms with Gasteiger partial charge < -0.3 is 20.3 Å². The van der Waals surface area contributed by atoms with Crippen LogP contribution in [-0.4, -0.2) is 35.4 Å². The molecule has 0 radical (unpaired) electrons. The maximum absolute atomic E-state index is 12.9. The van der Waals surface area contributed by atoms with Gasteiger partial charge in [-0.3, -0.25) is 4.79 Å². The molecule has 1 amide bonds. The van der Waals surface area contributed by atoms with Crippen molar-refractivity contribution in [1.29, 1.82) is 0 Å². The first-order valence-electron chi connectivity index (χ1n) is 8.98. The fraction of sp³-hybridized carbons (Fsp3) is 0.238. The molecular weight excluding hydrogens is 378 g/mol. The Bertz CT molecular complexity index is 917. The van der Waals surface area contributed by atoms with Crippen LogP contribution in [0.4, 0.5) is 0 Å². The van der Waals surface area contributed by atoms with Gasteiger partial charge in [0, 0.05) is 18.2 Å². The number of hydrogen-bond donors (Lipinski definition) is 3. The molecule has 7 heteroatoms. The summed E-state index contributed by atoms with van der Waals surface area (Å²) in [7, 11) is 0. The molecular formula is C21H22ClN3O3. The standard InChI is InChI=1S/C21H21N3O3.ClH/c25-19-14-22-12-11-21(19,16-9-5-2-6-10-16)23-20(26)17-13-18(27-24-17)15-7-3-1-4-8-15;/h1-10,13,19,22,25H,11-12,14H2,(H,23,26);1H/t19-,21+;/m1./s1. The molecule has 28 heavy (non-hydrogen) atoms. The number of halogens is 1. The minimum Gasteiger partial charge on any atom is -0.389 e. The first-order chi connectivity index (χ1) is 13.2. The number of carbonyl (C=O) groups excluding carboxylic acids is 1. The molecule has 1 aromatic heterocycles. The quantitative estimate of drug-likeness (QED) is 0.628. The molecule has 1 aliphatic heterocycles. The van der Waals surface area contributed by atoms with Gasteiger partial charge in [0.1, 0.15) is 0 Å². The van der Waals surface area contributed by atoms with Gasteiger partial charge in [0.15, 0.2) is 11.5 Å². The number of aliphatic hydroxyl groups is 1. The van der Waals surface area contributed by atoms with Crippen LogP contribution in [0.5, 0.6) is 0 Å². The van der Waals surface area contributed by atoms with Crippen molar-refractivity contribution in [2.45, 2.75) is 18.1 Å². The summed E-state index contributed by atoms with van der Waals surface area (Å²) in [4.78, 5) is 12.9. The highest BCUT2D eigenvalue weighted by atomic mass is 35.5. The third-order valence-electron chi connectivity index (χ3n) is 5.03. The molecule has 0 spiro atoms. The van der Waals surface area contributed by atoms with Crippen molar-refractivity contribution < 1.29 is 14.4 Å². The summed E-state index contributed by atoms with van der Waals surface area (Å²) in [5.74, 6) is 0.158. The second-order valence-electron chi connectivity index (χ2n) is 6.70. The number of nitrogens with zero attached hydrogens (tertiary/aromatic N) is 1. The monoisotopic (exact) mass is 399 g/mol. The van der Waals surface area contributed by atoms with E-state index in [0.29, 0.717) is 25.3 Å². The fourth-order valence-corrected chi connectivity index (χ4v) is 3.54. The van der Waals surface area contributed by atoms with Crippen molar-refractivity contribution >= 4 is 18.3 Å². The normalized spacial score (nSPS) is 21.5. The number of hydrogen-bond acceptors (Lipinski definition) is 5. The Hall–Kier alpha value is -2.67. The second-order valence-corrected chi connectivity index (χ2v) is 6.70. The minimum absolute atomic E-state index is 0. The molecule has 3 aromatic rings. The highest BCUT2D eigenvalue weighted by molar-refractivity contribution is 5.93. The lowest BCUT2D eigenvalue weighted by Gasteiger charge is -2.42. The molecule has 0 bridgehead atoms. The maximum Gasteiger partial charge on any atom is 0.274 e. The van der Waals surface area contributed by atoms with Crippen molar-refractivity contribution in [1.82, 2.24) is 15.8 Å². The maximum atomic E-state index is 12.9. The third kappa shape index (κ3) is 3.80. The molecule has 0 unspecified atom stereocenters. The molecule has 6 nitrogen and oxygen atoms in total. The zero-order valence-corrected chi connectivity index (χ0v) is 16.0. The summed E-state index contributed by atoms with van der Waals surface area (Å²) in [6.45, 7) is 1.10. The molecule has 2 atom stereocenters. The smallest absolute Gasteiger partial charge is 0.274 e. The molecule has 4 rings (SSSR count). The van der Waals surface area contributed by atoms with Crippen LogP contribution < -0.4 is 10.6 Å². The Labute approximate surface area is 169 Å². The number of β-amino-alcohol motifs (C(OH)–C–C–N with tert-alkyl or cyclic N) is 1. The molecule has 0 saturated carbocycles. The number of carbonyl (C=O) groups is 1. The number of aliphatic hydroxyl groups excluding tert-OH is 1. The number of aromatic nitrogens is 1. The highest BCUT2D eigenvalue weighted by Gasteiger charge is 2.43. The fourth-order valence-electron chi connectivity index (χ4n) is 3.54. The molecule has 3 N–H and O–H groups in total. The van der Waals surface area contributed by atoms with E-state index >= 15 is 0 Å². The van der Waals surface area contributed by atoms with Crippen molar-refractivity contribution in [3.8, 4) is 11.3 Å². The van der Waals surface area contributed by atoms with E-state index in [2.05, 4.69) is 15.8 Å². The van der Waals surface area contributed by atoms with Gasteiger partial charge in [-0.2, -0.15) is 0 Å². The first-order valence-corrected chi connectivity index (χ1v) is 8.98. The van der Waals surface area contributed by atoms with Crippen molar-refractivity contribution in [2.24, 2.45) is 0 Å². The molecule has 146 valence electrons. The Morgan fingerprint density at radius 2 is 1.82 bits per heavy atom. The van der Waals surface area contributed by atoms with Crippen molar-refractivity contribution in [3.05, 3.63) is 78.0 Å². The zero-order chi connectivity index (χ0) is 18.7. The molecule has 1 fully saturated rings. The number of benzene rings is 2. The largest absolute Gasteiger partial charge is 0.389 e. The van der Waals surface area contributed by atoms with E-state index in [1.165, 1.54) is 0 Å². The average molecular weight is 400 g/mol. The lowest BCUT2D eigenvalue weighted by molar-refractivity contribution is 0.0286. The van der Waals surface area contributed by atoms with Gasteiger partial charge >= 0.3 is 0 Å². The summed E-state index contributed by atoms with van der Waals surface area (Å²) < 4.78 is 5.34. The molecule has 2 aromatic carbocycles. The van der Waals surface area contributed by atoms with E-state index < -0.39 is 11.6 Å². The van der Waals surface area contributed by atoms with Gasteiger partial charge in [-0.05, 0) is 18.5 Å². The van der Waals surface area contributed by atoms with Gasteiger partial charge in [0.25, 0.3) is 5.91 Å². The Morgan fingerprint density at radius 1 is 1.14 bits per heavy atom. The Morgan fingerprint density at radius 3 is 2.50 bits per heavy atom. The summed E-state index contributed by atoms with van der Waals surface area (Å²) >= 11 is 0. The van der Waals surface area contributed by atoms with Crippen LogP contribution in [0.25, 0.3) is 11.3 Å². The number of rotatable bonds is 4. The predicted octanol–water partition coefficient (Wildman–Crippen LogP) is 2.74. The van der Waals surface area contributed by atoms with E-state index in [9.17, 15) is 9.90 Å². The SMILES string of the molecule is Cl.O=C(N[C@]1(c2ccccc2)CCNC[C@H]1O)c1cc(-c2ccccc2)on1. The van der Waals surface area contributed by atoms with Crippen LogP contribution in [0.15, 0.2) is 71.3 Å². The first kappa shape index (κ1) is 20.1. The van der Waals surface area contributed by atoms with Crippen LogP contribution in [0, 0.1) is 0 Å². The lowest BCUT2D eigenvalue weighted by atomic mass is 9.79. The van der Waals surface area contributed by atoms with Gasteiger partial charge in [-0.15, -0.1) is 12.4 Å². The van der Waals surface area contributed by atoms with E-state index in [4.69, 9.17) is 4.52 Å². The summed E-state index contributed by atoms with van der Waals surface area (Å²) in [6.07, 6.45) is -0.175. The van der Waals surface area contributed by atoms with E-state index in [1.54, 1.807) is 6.07 Å². The third-order valence-corrected chi connectivity index (χ3v) is 5.03. The minimum atomic E-state index is -0.866. The van der Waals surface area contributed by atoms with Gasteiger partial charge in [-0.1, -0.05) is 65.8 Å². The lowest BCUT2D eigenvalue weighted by Crippen LogP contribution is -2.61. The molecule has 1 saturated heterocycles. The van der Waals surface area contributed by atoms with Crippen LogP contribution in [0.1, 0.15) is 22.5 Å². The van der Waals surface area contributed by atoms with E-state index in [0.717, 1.165) is 11.1 Å². The predicted molar refractivity (Wildman–Crippen MR) is 108 cm³/mol. The van der Waals surface area contributed by atoms with Crippen molar-refractivity contribution in [2.75, 3.05) is 13.1 Å². The zero-order valence-electron chi connectivity index (χ0n) is 15.2. The number of amides is 1. The van der Waals surface area contributed by atoms with Gasteiger partial charge in [-0.25, -0.2) is 0 Å². The molecule has 0 aliphatic carbocycles. The summed E-state index contributed by atoms with van der Waals surface area (Å²) in [5.41, 5.74) is 1.05. The Kier molecular flexibility index (Phi) is 6.14. The van der Waals surface area contributed by atoms with E-state index in [1.807, 2.05) is 60.7 Å². The average Bonchev–Trinajstić information content (AvgIpc) is 3.22. The van der Waals surface area contributed by atoms with E-state index in [-0.39, 0.29) is 24.0 Å².